The zero-order valence-corrected chi connectivity index (χ0v) is 14.3. The standard InChI is InChI=1S/C15H17NO5S2/c1-10-8-13(22-14(10)15(18)19)23(20,21)16(9-11(2)17)12-6-4-3-5-7-12/h3-8,11,17H,9H2,1-2H3,(H,18,19)/t11-/m0/s1. The first-order chi connectivity index (χ1) is 10.7. The molecule has 1 aromatic heterocycles. The van der Waals surface area contributed by atoms with Crippen LogP contribution >= 0.6 is 11.3 Å². The molecule has 0 spiro atoms. The summed E-state index contributed by atoms with van der Waals surface area (Å²) in [5.74, 6) is -1.16. The Kier molecular flexibility index (Phi) is 5.08. The number of rotatable bonds is 6. The summed E-state index contributed by atoms with van der Waals surface area (Å²) in [6, 6.07) is 9.75. The summed E-state index contributed by atoms with van der Waals surface area (Å²) in [5, 5.41) is 18.8. The van der Waals surface area contributed by atoms with Crippen LogP contribution in [0.3, 0.4) is 0 Å². The molecule has 0 unspecified atom stereocenters. The topological polar surface area (TPSA) is 94.9 Å². The molecule has 0 saturated heterocycles. The van der Waals surface area contributed by atoms with Gasteiger partial charge < -0.3 is 10.2 Å². The molecule has 2 N–H and O–H groups in total. The van der Waals surface area contributed by atoms with Crippen molar-refractivity contribution in [2.24, 2.45) is 0 Å². The summed E-state index contributed by atoms with van der Waals surface area (Å²) in [5.41, 5.74) is 0.808. The highest BCUT2D eigenvalue weighted by Crippen LogP contribution is 2.31. The number of benzene rings is 1. The summed E-state index contributed by atoms with van der Waals surface area (Å²) >= 11 is 0.714. The Bertz CT molecular complexity index is 797. The Morgan fingerprint density at radius 1 is 1.30 bits per heavy atom. The highest BCUT2D eigenvalue weighted by molar-refractivity contribution is 7.94. The molecule has 2 rings (SSSR count). The Labute approximate surface area is 138 Å². The van der Waals surface area contributed by atoms with E-state index < -0.39 is 22.1 Å². The number of para-hydroxylation sites is 1. The van der Waals surface area contributed by atoms with Gasteiger partial charge in [-0.3, -0.25) is 4.31 Å². The maximum absolute atomic E-state index is 12.9. The first-order valence-corrected chi connectivity index (χ1v) is 9.08. The largest absolute Gasteiger partial charge is 0.477 e. The van der Waals surface area contributed by atoms with E-state index in [2.05, 4.69) is 0 Å². The van der Waals surface area contributed by atoms with Crippen molar-refractivity contribution < 1.29 is 23.4 Å². The lowest BCUT2D eigenvalue weighted by atomic mass is 10.3. The van der Waals surface area contributed by atoms with Gasteiger partial charge >= 0.3 is 5.97 Å². The SMILES string of the molecule is Cc1cc(S(=O)(=O)N(C[C@H](C)O)c2ccccc2)sc1C(=O)O. The van der Waals surface area contributed by atoms with Crippen LogP contribution in [-0.2, 0) is 10.0 Å². The van der Waals surface area contributed by atoms with Gasteiger partial charge in [-0.25, -0.2) is 13.2 Å². The Balaban J connectivity index is 2.52. The van der Waals surface area contributed by atoms with E-state index >= 15 is 0 Å². The van der Waals surface area contributed by atoms with Gasteiger partial charge in [0.25, 0.3) is 10.0 Å². The number of carboxylic acids is 1. The quantitative estimate of drug-likeness (QED) is 0.829. The lowest BCUT2D eigenvalue weighted by Gasteiger charge is -2.25. The van der Waals surface area contributed by atoms with Crippen molar-refractivity contribution in [3.05, 3.63) is 46.8 Å². The average molecular weight is 355 g/mol. The van der Waals surface area contributed by atoms with E-state index in [1.54, 1.807) is 37.3 Å². The van der Waals surface area contributed by atoms with Gasteiger partial charge in [0.1, 0.15) is 9.09 Å². The Hall–Kier alpha value is -1.90. The number of carbonyl (C=O) groups is 1. The molecule has 0 aliphatic carbocycles. The van der Waals surface area contributed by atoms with E-state index in [1.807, 2.05) is 0 Å². The van der Waals surface area contributed by atoms with Gasteiger partial charge in [0.15, 0.2) is 0 Å². The summed E-state index contributed by atoms with van der Waals surface area (Å²) in [4.78, 5) is 11.1. The molecule has 0 amide bonds. The number of sulfonamides is 1. The second-order valence-electron chi connectivity index (χ2n) is 5.10. The van der Waals surface area contributed by atoms with Crippen molar-refractivity contribution in [2.45, 2.75) is 24.2 Å². The van der Waals surface area contributed by atoms with Crippen LogP contribution in [0.5, 0.6) is 0 Å². The second kappa shape index (κ2) is 6.69. The third kappa shape index (κ3) is 3.72. The summed E-state index contributed by atoms with van der Waals surface area (Å²) in [6.07, 6.45) is -0.870. The number of aromatic carboxylic acids is 1. The van der Waals surface area contributed by atoms with E-state index in [-0.39, 0.29) is 15.6 Å². The van der Waals surface area contributed by atoms with Crippen molar-refractivity contribution in [1.29, 1.82) is 0 Å². The molecule has 0 aliphatic rings. The Morgan fingerprint density at radius 3 is 2.39 bits per heavy atom. The zero-order chi connectivity index (χ0) is 17.2. The van der Waals surface area contributed by atoms with Crippen molar-refractivity contribution >= 4 is 33.0 Å². The summed E-state index contributed by atoms with van der Waals surface area (Å²) in [7, 11) is -3.96. The number of aliphatic hydroxyl groups excluding tert-OH is 1. The second-order valence-corrected chi connectivity index (χ2v) is 8.24. The number of aliphatic hydroxyl groups is 1. The summed E-state index contributed by atoms with van der Waals surface area (Å²) < 4.78 is 26.8. The van der Waals surface area contributed by atoms with Crippen molar-refractivity contribution in [1.82, 2.24) is 0 Å². The van der Waals surface area contributed by atoms with Crippen molar-refractivity contribution in [2.75, 3.05) is 10.8 Å². The molecule has 0 saturated carbocycles. The van der Waals surface area contributed by atoms with Crippen LogP contribution in [0.1, 0.15) is 22.2 Å². The van der Waals surface area contributed by atoms with E-state index in [9.17, 15) is 18.3 Å². The predicted molar refractivity (Wildman–Crippen MR) is 88.7 cm³/mol. The fraction of sp³-hybridized carbons (Fsp3) is 0.267. The molecule has 23 heavy (non-hydrogen) atoms. The fourth-order valence-electron chi connectivity index (χ4n) is 2.08. The van der Waals surface area contributed by atoms with Gasteiger partial charge in [-0.15, -0.1) is 11.3 Å². The molecule has 6 nitrogen and oxygen atoms in total. The van der Waals surface area contributed by atoms with Gasteiger partial charge in [0, 0.05) is 0 Å². The lowest BCUT2D eigenvalue weighted by molar-refractivity contribution is 0.0701. The smallest absolute Gasteiger partial charge is 0.346 e. The first-order valence-electron chi connectivity index (χ1n) is 6.83. The van der Waals surface area contributed by atoms with E-state index in [0.29, 0.717) is 22.6 Å². The highest BCUT2D eigenvalue weighted by atomic mass is 32.2. The monoisotopic (exact) mass is 355 g/mol. The van der Waals surface area contributed by atoms with Gasteiger partial charge in [-0.2, -0.15) is 0 Å². The molecule has 0 radical (unpaired) electrons. The zero-order valence-electron chi connectivity index (χ0n) is 12.6. The van der Waals surface area contributed by atoms with Crippen LogP contribution in [0.2, 0.25) is 0 Å². The van der Waals surface area contributed by atoms with Crippen LogP contribution in [0, 0.1) is 6.92 Å². The molecular weight excluding hydrogens is 338 g/mol. The van der Waals surface area contributed by atoms with Crippen LogP contribution in [-0.4, -0.2) is 37.2 Å². The van der Waals surface area contributed by atoms with Crippen molar-refractivity contribution in [3.63, 3.8) is 0 Å². The molecular formula is C15H17NO5S2. The molecule has 124 valence electrons. The molecule has 1 atom stereocenters. The van der Waals surface area contributed by atoms with Gasteiger partial charge in [0.2, 0.25) is 0 Å². The number of nitrogens with zero attached hydrogens (tertiary/aromatic N) is 1. The van der Waals surface area contributed by atoms with Crippen LogP contribution in [0.4, 0.5) is 5.69 Å². The normalized spacial score (nSPS) is 12.8. The van der Waals surface area contributed by atoms with Crippen molar-refractivity contribution in [3.8, 4) is 0 Å². The number of carboxylic acid groups (broad SMARTS) is 1. The molecule has 1 aromatic carbocycles. The maximum atomic E-state index is 12.9. The van der Waals surface area contributed by atoms with Crippen LogP contribution < -0.4 is 4.31 Å². The minimum atomic E-state index is -3.96. The minimum absolute atomic E-state index is 0.00589. The molecule has 2 aromatic rings. The lowest BCUT2D eigenvalue weighted by Crippen LogP contribution is -2.36. The molecule has 0 aliphatic heterocycles. The third-order valence-electron chi connectivity index (χ3n) is 3.11. The van der Waals surface area contributed by atoms with E-state index in [0.717, 1.165) is 4.31 Å². The molecule has 1 heterocycles. The van der Waals surface area contributed by atoms with Gasteiger partial charge in [-0.1, -0.05) is 18.2 Å². The van der Waals surface area contributed by atoms with Crippen LogP contribution in [0.15, 0.2) is 40.6 Å². The Morgan fingerprint density at radius 2 is 1.91 bits per heavy atom. The van der Waals surface area contributed by atoms with E-state index in [1.165, 1.54) is 13.0 Å². The van der Waals surface area contributed by atoms with Gasteiger partial charge in [0.05, 0.1) is 18.3 Å². The van der Waals surface area contributed by atoms with E-state index in [4.69, 9.17) is 5.11 Å². The number of anilines is 1. The number of thiophene rings is 1. The third-order valence-corrected chi connectivity index (χ3v) is 6.58. The number of aryl methyl sites for hydroxylation is 1. The number of hydrogen-bond acceptors (Lipinski definition) is 5. The average Bonchev–Trinajstić information content (AvgIpc) is 2.88. The number of hydrogen-bond donors (Lipinski definition) is 2. The highest BCUT2D eigenvalue weighted by Gasteiger charge is 2.29. The summed E-state index contributed by atoms with van der Waals surface area (Å²) in [6.45, 7) is 2.93. The predicted octanol–water partition coefficient (Wildman–Crippen LogP) is 2.33. The first kappa shape index (κ1) is 17.5. The van der Waals surface area contributed by atoms with Gasteiger partial charge in [-0.05, 0) is 37.6 Å². The molecule has 0 bridgehead atoms. The maximum Gasteiger partial charge on any atom is 0.346 e. The van der Waals surface area contributed by atoms with Crippen LogP contribution in [0.25, 0.3) is 0 Å². The molecule has 0 fully saturated rings. The minimum Gasteiger partial charge on any atom is -0.477 e. The fourth-order valence-corrected chi connectivity index (χ4v) is 5.12. The molecule has 8 heteroatoms.